The number of methoxy groups -OCH3 is 2. The summed E-state index contributed by atoms with van der Waals surface area (Å²) in [6.45, 7) is 7.52. The van der Waals surface area contributed by atoms with Crippen LogP contribution in [0.3, 0.4) is 0 Å². The molecule has 3 nitrogen and oxygen atoms in total. The van der Waals surface area contributed by atoms with Crippen molar-refractivity contribution in [3.05, 3.63) is 0 Å². The minimum absolute atomic E-state index is 0.00619. The summed E-state index contributed by atoms with van der Waals surface area (Å²) in [6.07, 6.45) is 8.61. The molecule has 3 heteroatoms. The van der Waals surface area contributed by atoms with Gasteiger partial charge in [-0.2, -0.15) is 0 Å². The fraction of sp³-hybridized carbons (Fsp3) is 1.00. The van der Waals surface area contributed by atoms with Gasteiger partial charge >= 0.3 is 0 Å². The van der Waals surface area contributed by atoms with E-state index >= 15 is 0 Å². The number of hydrogen-bond acceptors (Lipinski definition) is 3. The summed E-state index contributed by atoms with van der Waals surface area (Å²) in [6, 6.07) is 0. The Labute approximate surface area is 153 Å². The molecule has 0 aromatic heterocycles. The van der Waals surface area contributed by atoms with Crippen molar-refractivity contribution in [1.29, 1.82) is 0 Å². The molecule has 25 heavy (non-hydrogen) atoms. The molecule has 4 rings (SSSR count). The first-order valence-corrected chi connectivity index (χ1v) is 10.6. The fourth-order valence-corrected chi connectivity index (χ4v) is 8.06. The van der Waals surface area contributed by atoms with E-state index in [1.54, 1.807) is 7.11 Å². The molecule has 0 heterocycles. The van der Waals surface area contributed by atoms with E-state index in [9.17, 15) is 5.11 Å². The van der Waals surface area contributed by atoms with Crippen LogP contribution in [0.25, 0.3) is 0 Å². The first-order valence-electron chi connectivity index (χ1n) is 10.6. The maximum Gasteiger partial charge on any atom is 0.0835 e. The van der Waals surface area contributed by atoms with Crippen LogP contribution in [0.2, 0.25) is 0 Å². The van der Waals surface area contributed by atoms with Crippen LogP contribution in [0.1, 0.15) is 65.7 Å². The van der Waals surface area contributed by atoms with E-state index in [2.05, 4.69) is 20.8 Å². The molecule has 4 aliphatic carbocycles. The summed E-state index contributed by atoms with van der Waals surface area (Å²) in [5.74, 6) is 3.73. The van der Waals surface area contributed by atoms with Crippen molar-refractivity contribution >= 4 is 0 Å². The molecule has 0 unspecified atom stereocenters. The second-order valence-corrected chi connectivity index (χ2v) is 10.3. The SMILES string of the molecule is CO[C@H]1C[C@]2(C)[C@H](C)CC[C@H]2[C@@H]2CC[C@H]3C[C@H](O)[C@@H](OC)C[C@]3(C)[C@H]21. The molecule has 0 aromatic carbocycles. The molecule has 0 radical (unpaired) electrons. The van der Waals surface area contributed by atoms with Gasteiger partial charge in [0.15, 0.2) is 0 Å². The second kappa shape index (κ2) is 6.21. The molecule has 10 atom stereocenters. The van der Waals surface area contributed by atoms with Gasteiger partial charge < -0.3 is 14.6 Å². The van der Waals surface area contributed by atoms with Crippen molar-refractivity contribution in [1.82, 2.24) is 0 Å². The molecule has 0 bridgehead atoms. The summed E-state index contributed by atoms with van der Waals surface area (Å²) in [7, 11) is 3.70. The fourth-order valence-electron chi connectivity index (χ4n) is 8.06. The molecule has 0 aliphatic heterocycles. The van der Waals surface area contributed by atoms with Crippen LogP contribution >= 0.6 is 0 Å². The molecular formula is C22H38O3. The summed E-state index contributed by atoms with van der Waals surface area (Å²) in [5, 5.41) is 10.5. The third-order valence-corrected chi connectivity index (χ3v) is 9.65. The van der Waals surface area contributed by atoms with Gasteiger partial charge in [0.25, 0.3) is 0 Å². The Morgan fingerprint density at radius 3 is 2.24 bits per heavy atom. The molecule has 0 amide bonds. The number of ether oxygens (including phenoxy) is 2. The van der Waals surface area contributed by atoms with Gasteiger partial charge in [-0.1, -0.05) is 20.8 Å². The molecule has 0 saturated heterocycles. The van der Waals surface area contributed by atoms with Gasteiger partial charge in [-0.25, -0.2) is 0 Å². The standard InChI is InChI=1S/C22H38O3/c1-13-6-9-16-15-8-7-14-10-17(23)18(24-4)11-22(14,3)20(15)19(25-5)12-21(13,16)2/h13-20,23H,6-12H2,1-5H3/t13-,14+,15+,16+,17+,18+,19+,20-,21-,22+/m1/s1. The Morgan fingerprint density at radius 2 is 1.56 bits per heavy atom. The van der Waals surface area contributed by atoms with Crippen LogP contribution in [-0.2, 0) is 9.47 Å². The maximum atomic E-state index is 10.5. The monoisotopic (exact) mass is 350 g/mol. The number of rotatable bonds is 2. The minimum Gasteiger partial charge on any atom is -0.390 e. The second-order valence-electron chi connectivity index (χ2n) is 10.3. The highest BCUT2D eigenvalue weighted by Gasteiger charge is 2.63. The Hall–Kier alpha value is -0.120. The van der Waals surface area contributed by atoms with Crippen molar-refractivity contribution in [2.24, 2.45) is 40.4 Å². The lowest BCUT2D eigenvalue weighted by Crippen LogP contribution is -2.61. The summed E-state index contributed by atoms with van der Waals surface area (Å²) >= 11 is 0. The summed E-state index contributed by atoms with van der Waals surface area (Å²) < 4.78 is 11.9. The number of fused-ring (bicyclic) bond motifs is 5. The average molecular weight is 351 g/mol. The van der Waals surface area contributed by atoms with E-state index < -0.39 is 0 Å². The van der Waals surface area contributed by atoms with E-state index in [1.165, 1.54) is 32.1 Å². The molecular weight excluding hydrogens is 312 g/mol. The Bertz CT molecular complexity index is 508. The molecule has 0 aromatic rings. The number of aliphatic hydroxyl groups excluding tert-OH is 1. The van der Waals surface area contributed by atoms with Crippen LogP contribution in [0.15, 0.2) is 0 Å². The highest BCUT2D eigenvalue weighted by molar-refractivity contribution is 5.12. The van der Waals surface area contributed by atoms with Crippen molar-refractivity contribution in [3.63, 3.8) is 0 Å². The maximum absolute atomic E-state index is 10.5. The van der Waals surface area contributed by atoms with Crippen LogP contribution in [-0.4, -0.2) is 37.6 Å². The average Bonchev–Trinajstić information content (AvgIpc) is 2.89. The van der Waals surface area contributed by atoms with Crippen LogP contribution in [0.5, 0.6) is 0 Å². The topological polar surface area (TPSA) is 38.7 Å². The first-order chi connectivity index (χ1) is 11.8. The van der Waals surface area contributed by atoms with Gasteiger partial charge in [-0.15, -0.1) is 0 Å². The van der Waals surface area contributed by atoms with Gasteiger partial charge in [0, 0.05) is 14.2 Å². The largest absolute Gasteiger partial charge is 0.390 e. The molecule has 1 N–H and O–H groups in total. The lowest BCUT2D eigenvalue weighted by molar-refractivity contribution is -0.205. The van der Waals surface area contributed by atoms with Gasteiger partial charge in [-0.05, 0) is 85.4 Å². The molecule has 4 aliphatic rings. The quantitative estimate of drug-likeness (QED) is 0.808. The molecule has 4 fully saturated rings. The zero-order valence-corrected chi connectivity index (χ0v) is 16.8. The predicted molar refractivity (Wildman–Crippen MR) is 99.3 cm³/mol. The van der Waals surface area contributed by atoms with Crippen molar-refractivity contribution in [2.75, 3.05) is 14.2 Å². The smallest absolute Gasteiger partial charge is 0.0835 e. The highest BCUT2D eigenvalue weighted by atomic mass is 16.5. The zero-order valence-electron chi connectivity index (χ0n) is 16.8. The van der Waals surface area contributed by atoms with Gasteiger partial charge in [0.1, 0.15) is 0 Å². The molecule has 0 spiro atoms. The molecule has 4 saturated carbocycles. The number of aliphatic hydroxyl groups is 1. The van der Waals surface area contributed by atoms with Gasteiger partial charge in [0.2, 0.25) is 0 Å². The lowest BCUT2D eigenvalue weighted by Gasteiger charge is -2.63. The Balaban J connectivity index is 1.70. The van der Waals surface area contributed by atoms with Crippen molar-refractivity contribution in [2.45, 2.75) is 84.0 Å². The van der Waals surface area contributed by atoms with Gasteiger partial charge in [-0.3, -0.25) is 0 Å². The van der Waals surface area contributed by atoms with Crippen LogP contribution in [0, 0.1) is 40.4 Å². The van der Waals surface area contributed by atoms with E-state index in [4.69, 9.17) is 9.47 Å². The third-order valence-electron chi connectivity index (χ3n) is 9.65. The molecule has 144 valence electrons. The Kier molecular flexibility index (Phi) is 4.53. The summed E-state index contributed by atoms with van der Waals surface area (Å²) in [5.41, 5.74) is 0.705. The number of hydrogen-bond donors (Lipinski definition) is 1. The van der Waals surface area contributed by atoms with Crippen molar-refractivity contribution < 1.29 is 14.6 Å². The van der Waals surface area contributed by atoms with Crippen LogP contribution < -0.4 is 0 Å². The zero-order chi connectivity index (χ0) is 18.0. The minimum atomic E-state index is -0.291. The Morgan fingerprint density at radius 1 is 0.880 bits per heavy atom. The van der Waals surface area contributed by atoms with Gasteiger partial charge in [0.05, 0.1) is 18.3 Å². The third kappa shape index (κ3) is 2.48. The van der Waals surface area contributed by atoms with E-state index in [-0.39, 0.29) is 17.6 Å². The van der Waals surface area contributed by atoms with E-state index in [1.807, 2.05) is 7.11 Å². The van der Waals surface area contributed by atoms with Crippen molar-refractivity contribution in [3.8, 4) is 0 Å². The summed E-state index contributed by atoms with van der Waals surface area (Å²) in [4.78, 5) is 0. The van der Waals surface area contributed by atoms with E-state index in [0.717, 1.165) is 30.6 Å². The highest BCUT2D eigenvalue weighted by Crippen LogP contribution is 2.67. The predicted octanol–water partition coefficient (Wildman–Crippen LogP) is 4.28. The normalized spacial score (nSPS) is 58.3. The van der Waals surface area contributed by atoms with Crippen LogP contribution in [0.4, 0.5) is 0 Å². The first kappa shape index (κ1) is 18.3. The lowest BCUT2D eigenvalue weighted by atomic mass is 9.43. The van der Waals surface area contributed by atoms with E-state index in [0.29, 0.717) is 23.4 Å².